The number of carboxylic acid groups (broad SMARTS) is 2. The van der Waals surface area contributed by atoms with E-state index < -0.39 is 60.2 Å². The smallest absolute Gasteiger partial charge is 0.326 e. The monoisotopic (exact) mass is 530 g/mol. The van der Waals surface area contributed by atoms with E-state index >= 15 is 0 Å². The molecule has 0 rings (SSSR count). The summed E-state index contributed by atoms with van der Waals surface area (Å²) in [4.78, 5) is 64.7. The fourth-order valence-corrected chi connectivity index (χ4v) is 3.35. The van der Waals surface area contributed by atoms with Gasteiger partial charge in [-0.25, -0.2) is 4.79 Å². The number of carbonyl (C=O) groups excluding carboxylic acids is 3. The van der Waals surface area contributed by atoms with Crippen molar-refractivity contribution in [3.8, 4) is 0 Å². The average molecular weight is 531 g/mol. The third-order valence-corrected chi connectivity index (χ3v) is 5.21. The van der Waals surface area contributed by atoms with E-state index in [0.29, 0.717) is 32.2 Å². The summed E-state index contributed by atoms with van der Waals surface area (Å²) in [6.45, 7) is 4.31. The Hall–Kier alpha value is -3.46. The fraction of sp³-hybridized carbons (Fsp3) is 0.727. The Morgan fingerprint density at radius 2 is 1.32 bits per heavy atom. The minimum Gasteiger partial charge on any atom is -0.481 e. The van der Waals surface area contributed by atoms with Gasteiger partial charge >= 0.3 is 11.9 Å². The number of carboxylic acids is 2. The molecular formula is C22H42N8O7. The van der Waals surface area contributed by atoms with E-state index in [0.717, 1.165) is 0 Å². The molecule has 0 saturated carbocycles. The maximum Gasteiger partial charge on any atom is 0.326 e. The predicted molar refractivity (Wildman–Crippen MR) is 136 cm³/mol. The van der Waals surface area contributed by atoms with Crippen molar-refractivity contribution in [2.75, 3.05) is 13.1 Å². The molecule has 0 aliphatic heterocycles. The van der Waals surface area contributed by atoms with Gasteiger partial charge in [0.1, 0.15) is 18.1 Å². The molecule has 0 aromatic rings. The van der Waals surface area contributed by atoms with Crippen LogP contribution in [0.15, 0.2) is 4.99 Å². The number of nitrogens with one attached hydrogen (secondary N) is 3. The number of hydrogen-bond acceptors (Lipinski definition) is 8. The first-order valence-electron chi connectivity index (χ1n) is 12.1. The van der Waals surface area contributed by atoms with Crippen LogP contribution in [0.1, 0.15) is 58.8 Å². The van der Waals surface area contributed by atoms with Crippen LogP contribution in [0.2, 0.25) is 0 Å². The summed E-state index contributed by atoms with van der Waals surface area (Å²) in [5.41, 5.74) is 22.1. The molecular weight excluding hydrogens is 488 g/mol. The molecule has 0 aromatic carbocycles. The largest absolute Gasteiger partial charge is 0.481 e. The van der Waals surface area contributed by atoms with Gasteiger partial charge in [-0.05, 0) is 51.0 Å². The van der Waals surface area contributed by atoms with Crippen LogP contribution in [-0.4, -0.2) is 83.1 Å². The first-order chi connectivity index (χ1) is 17.3. The van der Waals surface area contributed by atoms with Gasteiger partial charge in [-0.15, -0.1) is 0 Å². The number of nitrogens with two attached hydrogens (primary N) is 4. The summed E-state index contributed by atoms with van der Waals surface area (Å²) in [7, 11) is 0. The number of carbonyl (C=O) groups is 5. The Morgan fingerprint density at radius 3 is 1.78 bits per heavy atom. The SMILES string of the molecule is CC(C)CC(N)C(=O)NC(CCCN=C(N)N)C(=O)NC(CCCCN)C(=O)NC(CC(=O)O)C(=O)O. The van der Waals surface area contributed by atoms with Crippen LogP contribution >= 0.6 is 0 Å². The van der Waals surface area contributed by atoms with Crippen molar-refractivity contribution in [2.45, 2.75) is 83.0 Å². The number of hydrogen-bond donors (Lipinski definition) is 9. The Balaban J connectivity index is 5.65. The topological polar surface area (TPSA) is 278 Å². The van der Waals surface area contributed by atoms with Crippen LogP contribution < -0.4 is 38.9 Å². The highest BCUT2D eigenvalue weighted by Gasteiger charge is 2.31. The standard InChI is InChI=1S/C22H42N8O7/c1-12(2)10-13(24)18(33)28-15(7-5-9-27-22(25)26)19(34)29-14(6-3-4-8-23)20(35)30-16(21(36)37)11-17(31)32/h12-16H,3-11,23-24H2,1-2H3,(H,28,33)(H,29,34)(H,30,35)(H,31,32)(H,36,37)(H4,25,26,27). The van der Waals surface area contributed by atoms with Crippen LogP contribution in [-0.2, 0) is 24.0 Å². The molecule has 0 bridgehead atoms. The molecule has 212 valence electrons. The summed E-state index contributed by atoms with van der Waals surface area (Å²) in [6, 6.07) is -4.83. The molecule has 0 saturated heterocycles. The molecule has 13 N–H and O–H groups in total. The van der Waals surface area contributed by atoms with Crippen LogP contribution in [0, 0.1) is 5.92 Å². The Labute approximate surface area is 216 Å². The number of rotatable bonds is 19. The third-order valence-electron chi connectivity index (χ3n) is 5.21. The normalized spacial score (nSPS) is 14.1. The zero-order valence-electron chi connectivity index (χ0n) is 21.4. The summed E-state index contributed by atoms with van der Waals surface area (Å²) >= 11 is 0. The number of aliphatic carboxylic acids is 2. The quantitative estimate of drug-likeness (QED) is 0.0480. The molecule has 0 aliphatic rings. The van der Waals surface area contributed by atoms with Gasteiger partial charge in [0.05, 0.1) is 12.5 Å². The Morgan fingerprint density at radius 1 is 0.811 bits per heavy atom. The molecule has 37 heavy (non-hydrogen) atoms. The zero-order valence-corrected chi connectivity index (χ0v) is 21.4. The lowest BCUT2D eigenvalue weighted by molar-refractivity contribution is -0.147. The molecule has 15 heteroatoms. The van der Waals surface area contributed by atoms with Gasteiger partial charge in [0.25, 0.3) is 0 Å². The molecule has 0 radical (unpaired) electrons. The van der Waals surface area contributed by atoms with Crippen molar-refractivity contribution in [1.82, 2.24) is 16.0 Å². The maximum absolute atomic E-state index is 13.1. The molecule has 4 unspecified atom stereocenters. The molecule has 0 aromatic heterocycles. The van der Waals surface area contributed by atoms with E-state index in [4.69, 9.17) is 28.0 Å². The number of aliphatic imine (C=N–C) groups is 1. The van der Waals surface area contributed by atoms with Crippen molar-refractivity contribution < 1.29 is 34.2 Å². The van der Waals surface area contributed by atoms with Crippen molar-refractivity contribution in [3.05, 3.63) is 0 Å². The minimum atomic E-state index is -1.69. The third kappa shape index (κ3) is 15.3. The molecule has 0 aliphatic carbocycles. The zero-order chi connectivity index (χ0) is 28.5. The van der Waals surface area contributed by atoms with Crippen molar-refractivity contribution >= 4 is 35.6 Å². The first-order valence-corrected chi connectivity index (χ1v) is 12.1. The summed E-state index contributed by atoms with van der Waals surface area (Å²) in [5.74, 6) is -5.07. The highest BCUT2D eigenvalue weighted by atomic mass is 16.4. The fourth-order valence-electron chi connectivity index (χ4n) is 3.35. The predicted octanol–water partition coefficient (Wildman–Crippen LogP) is -2.44. The summed E-state index contributed by atoms with van der Waals surface area (Å²) in [5, 5.41) is 25.4. The van der Waals surface area contributed by atoms with Crippen LogP contribution in [0.25, 0.3) is 0 Å². The molecule has 3 amide bonds. The number of amides is 3. The summed E-state index contributed by atoms with van der Waals surface area (Å²) < 4.78 is 0. The van der Waals surface area contributed by atoms with E-state index in [2.05, 4.69) is 20.9 Å². The lowest BCUT2D eigenvalue weighted by Crippen LogP contribution is -2.57. The first kappa shape index (κ1) is 33.5. The molecule has 0 heterocycles. The highest BCUT2D eigenvalue weighted by molar-refractivity contribution is 5.94. The highest BCUT2D eigenvalue weighted by Crippen LogP contribution is 2.08. The lowest BCUT2D eigenvalue weighted by atomic mass is 10.0. The second kappa shape index (κ2) is 17.9. The van der Waals surface area contributed by atoms with E-state index in [1.165, 1.54) is 0 Å². The Bertz CT molecular complexity index is 802. The molecule has 0 spiro atoms. The van der Waals surface area contributed by atoms with Crippen molar-refractivity contribution in [3.63, 3.8) is 0 Å². The minimum absolute atomic E-state index is 0.107. The van der Waals surface area contributed by atoms with Gasteiger partial charge in [-0.2, -0.15) is 0 Å². The van der Waals surface area contributed by atoms with E-state index in [1.807, 2.05) is 13.8 Å². The molecule has 0 fully saturated rings. The average Bonchev–Trinajstić information content (AvgIpc) is 2.78. The van der Waals surface area contributed by atoms with Gasteiger partial charge in [0.15, 0.2) is 5.96 Å². The number of unbranched alkanes of at least 4 members (excludes halogenated alkanes) is 1. The van der Waals surface area contributed by atoms with Crippen molar-refractivity contribution in [2.24, 2.45) is 33.8 Å². The lowest BCUT2D eigenvalue weighted by Gasteiger charge is -2.25. The van der Waals surface area contributed by atoms with Gasteiger partial charge in [-0.1, -0.05) is 13.8 Å². The van der Waals surface area contributed by atoms with Crippen LogP contribution in [0.5, 0.6) is 0 Å². The number of nitrogens with zero attached hydrogens (tertiary/aromatic N) is 1. The van der Waals surface area contributed by atoms with Crippen LogP contribution in [0.3, 0.4) is 0 Å². The Kier molecular flexibility index (Phi) is 16.2. The van der Waals surface area contributed by atoms with Gasteiger partial charge in [0.2, 0.25) is 17.7 Å². The molecule has 15 nitrogen and oxygen atoms in total. The van der Waals surface area contributed by atoms with Gasteiger partial charge < -0.3 is 49.1 Å². The second-order valence-electron chi connectivity index (χ2n) is 9.09. The second-order valence-corrected chi connectivity index (χ2v) is 9.09. The molecule has 4 atom stereocenters. The van der Waals surface area contributed by atoms with E-state index in [9.17, 15) is 29.1 Å². The van der Waals surface area contributed by atoms with E-state index in [-0.39, 0.29) is 31.3 Å². The van der Waals surface area contributed by atoms with Gasteiger partial charge in [0, 0.05) is 6.54 Å². The maximum atomic E-state index is 13.1. The van der Waals surface area contributed by atoms with Crippen LogP contribution in [0.4, 0.5) is 0 Å². The summed E-state index contributed by atoms with van der Waals surface area (Å²) in [6.07, 6.45) is 1.04. The number of guanidine groups is 1. The van der Waals surface area contributed by atoms with Gasteiger partial charge in [-0.3, -0.25) is 24.2 Å². The van der Waals surface area contributed by atoms with Crippen molar-refractivity contribution in [1.29, 1.82) is 0 Å². The van der Waals surface area contributed by atoms with E-state index in [1.54, 1.807) is 0 Å².